The van der Waals surface area contributed by atoms with Gasteiger partial charge in [-0.3, -0.25) is 9.59 Å². The minimum atomic E-state index is -0.802. The van der Waals surface area contributed by atoms with Crippen LogP contribution in [-0.2, 0) is 4.79 Å². The number of ether oxygens (including phenoxy) is 2. The fourth-order valence-corrected chi connectivity index (χ4v) is 3.87. The van der Waals surface area contributed by atoms with E-state index < -0.39 is 17.9 Å². The van der Waals surface area contributed by atoms with E-state index in [9.17, 15) is 9.59 Å². The molecule has 0 saturated heterocycles. The van der Waals surface area contributed by atoms with E-state index in [0.29, 0.717) is 28.7 Å². The van der Waals surface area contributed by atoms with Crippen molar-refractivity contribution in [1.29, 1.82) is 0 Å². The zero-order valence-electron chi connectivity index (χ0n) is 18.7. The smallest absolute Gasteiger partial charge is 0.262 e. The van der Waals surface area contributed by atoms with Crippen LogP contribution in [0.2, 0.25) is 10.0 Å². The second kappa shape index (κ2) is 13.0. The number of rotatable bonds is 10. The third-order valence-electron chi connectivity index (χ3n) is 4.51. The Hall–Kier alpha value is -2.04. The van der Waals surface area contributed by atoms with Gasteiger partial charge < -0.3 is 14.8 Å². The van der Waals surface area contributed by atoms with E-state index >= 15 is 0 Å². The van der Waals surface area contributed by atoms with Gasteiger partial charge in [-0.05, 0) is 70.8 Å². The van der Waals surface area contributed by atoms with Crippen LogP contribution in [0.5, 0.6) is 11.5 Å². The Morgan fingerprint density at radius 3 is 2.52 bits per heavy atom. The highest BCUT2D eigenvalue weighted by molar-refractivity contribution is 14.1. The molecule has 0 aliphatic heterocycles. The van der Waals surface area contributed by atoms with Gasteiger partial charge in [-0.2, -0.15) is 5.10 Å². The largest absolute Gasteiger partial charge is 0.493 e. The van der Waals surface area contributed by atoms with Crippen molar-refractivity contribution < 1.29 is 19.1 Å². The summed E-state index contributed by atoms with van der Waals surface area (Å²) >= 11 is 14.0. The monoisotopic (exact) mass is 605 g/mol. The summed E-state index contributed by atoms with van der Waals surface area (Å²) in [5.74, 6) is 0.193. The molecule has 2 rings (SSSR count). The highest BCUT2D eigenvalue weighted by Crippen LogP contribution is 2.33. The number of nitrogens with one attached hydrogen (secondary N) is 2. The Morgan fingerprint density at radius 2 is 1.91 bits per heavy atom. The Labute approximate surface area is 217 Å². The van der Waals surface area contributed by atoms with Crippen LogP contribution < -0.4 is 20.2 Å². The van der Waals surface area contributed by atoms with E-state index in [0.717, 1.165) is 15.6 Å². The Morgan fingerprint density at radius 1 is 1.18 bits per heavy atom. The zero-order valence-corrected chi connectivity index (χ0v) is 22.4. The van der Waals surface area contributed by atoms with Crippen LogP contribution in [0, 0.1) is 9.49 Å². The van der Waals surface area contributed by atoms with E-state index in [1.54, 1.807) is 19.2 Å². The second-order valence-corrected chi connectivity index (χ2v) is 9.42. The van der Waals surface area contributed by atoms with Crippen LogP contribution in [0.25, 0.3) is 0 Å². The van der Waals surface area contributed by atoms with E-state index in [2.05, 4.69) is 38.4 Å². The molecule has 0 aliphatic carbocycles. The van der Waals surface area contributed by atoms with Crippen molar-refractivity contribution in [2.75, 3.05) is 13.7 Å². The predicted molar refractivity (Wildman–Crippen MR) is 140 cm³/mol. The second-order valence-electron chi connectivity index (χ2n) is 7.44. The van der Waals surface area contributed by atoms with Gasteiger partial charge in [0.05, 0.1) is 33.5 Å². The summed E-state index contributed by atoms with van der Waals surface area (Å²) in [5.41, 5.74) is 3.52. The highest BCUT2D eigenvalue weighted by atomic mass is 127. The Bertz CT molecular complexity index is 1030. The number of hydrazone groups is 1. The summed E-state index contributed by atoms with van der Waals surface area (Å²) in [6.45, 7) is 6.26. The van der Waals surface area contributed by atoms with Crippen LogP contribution in [0.4, 0.5) is 0 Å². The van der Waals surface area contributed by atoms with E-state index in [4.69, 9.17) is 32.7 Å². The minimum Gasteiger partial charge on any atom is -0.493 e. The molecule has 1 unspecified atom stereocenters. The number of halogens is 3. The molecule has 2 aromatic rings. The van der Waals surface area contributed by atoms with Crippen LogP contribution in [-0.4, -0.2) is 37.8 Å². The molecule has 33 heavy (non-hydrogen) atoms. The van der Waals surface area contributed by atoms with Crippen LogP contribution >= 0.6 is 45.8 Å². The Kier molecular flexibility index (Phi) is 10.7. The number of benzene rings is 2. The molecule has 2 N–H and O–H groups in total. The molecule has 7 nitrogen and oxygen atoms in total. The van der Waals surface area contributed by atoms with E-state index in [-0.39, 0.29) is 10.9 Å². The predicted octanol–water partition coefficient (Wildman–Crippen LogP) is 5.30. The summed E-state index contributed by atoms with van der Waals surface area (Å²) in [7, 11) is 1.57. The number of hydrogen-bond acceptors (Lipinski definition) is 5. The van der Waals surface area contributed by atoms with Crippen molar-refractivity contribution in [3.8, 4) is 11.5 Å². The molecule has 0 spiro atoms. The van der Waals surface area contributed by atoms with Gasteiger partial charge >= 0.3 is 0 Å². The third kappa shape index (κ3) is 7.75. The van der Waals surface area contributed by atoms with Gasteiger partial charge in [-0.25, -0.2) is 5.43 Å². The van der Waals surface area contributed by atoms with Crippen LogP contribution in [0.3, 0.4) is 0 Å². The lowest BCUT2D eigenvalue weighted by Gasteiger charge is -2.20. The molecule has 0 bridgehead atoms. The lowest BCUT2D eigenvalue weighted by atomic mass is 10.0. The lowest BCUT2D eigenvalue weighted by Crippen LogP contribution is -2.48. The molecular weight excluding hydrogens is 580 g/mol. The maximum Gasteiger partial charge on any atom is 0.262 e. The molecule has 0 aromatic heterocycles. The van der Waals surface area contributed by atoms with Crippen molar-refractivity contribution in [2.45, 2.75) is 33.2 Å². The molecule has 178 valence electrons. The topological polar surface area (TPSA) is 89.0 Å². The Balaban J connectivity index is 2.09. The summed E-state index contributed by atoms with van der Waals surface area (Å²) in [6.07, 6.45) is 2.39. The number of nitrogens with zero attached hydrogens (tertiary/aromatic N) is 1. The quantitative estimate of drug-likeness (QED) is 0.218. The van der Waals surface area contributed by atoms with Crippen LogP contribution in [0.1, 0.15) is 43.1 Å². The van der Waals surface area contributed by atoms with Gasteiger partial charge in [0.2, 0.25) is 0 Å². The first-order valence-electron chi connectivity index (χ1n) is 10.3. The molecule has 1 atom stereocenters. The normalized spacial score (nSPS) is 12.0. The average Bonchev–Trinajstić information content (AvgIpc) is 2.77. The maximum absolute atomic E-state index is 12.7. The maximum atomic E-state index is 12.7. The molecule has 0 fully saturated rings. The number of amides is 2. The summed E-state index contributed by atoms with van der Waals surface area (Å²) in [5, 5.41) is 7.37. The van der Waals surface area contributed by atoms with E-state index in [1.165, 1.54) is 18.3 Å². The van der Waals surface area contributed by atoms with Gasteiger partial charge in [0.1, 0.15) is 6.04 Å². The lowest BCUT2D eigenvalue weighted by molar-refractivity contribution is -0.123. The number of hydrogen-bond donors (Lipinski definition) is 2. The van der Waals surface area contributed by atoms with Gasteiger partial charge in [0.15, 0.2) is 11.5 Å². The van der Waals surface area contributed by atoms with Crippen LogP contribution in [0.15, 0.2) is 35.4 Å². The molecule has 0 saturated carbocycles. The summed E-state index contributed by atoms with van der Waals surface area (Å²) < 4.78 is 12.0. The molecule has 2 aromatic carbocycles. The first-order chi connectivity index (χ1) is 15.7. The number of carbonyl (C=O) groups excluding carboxylic acids is 2. The fraction of sp³-hybridized carbons (Fsp3) is 0.348. The minimum absolute atomic E-state index is 0.178. The molecule has 10 heteroatoms. The van der Waals surface area contributed by atoms with E-state index in [1.807, 2.05) is 26.8 Å². The number of carbonyl (C=O) groups is 2. The summed E-state index contributed by atoms with van der Waals surface area (Å²) in [4.78, 5) is 25.3. The molecule has 0 aliphatic rings. The highest BCUT2D eigenvalue weighted by Gasteiger charge is 2.24. The molecular formula is C23H26Cl2IN3O4. The summed E-state index contributed by atoms with van der Waals surface area (Å²) in [6, 6.07) is 7.37. The third-order valence-corrected chi connectivity index (χ3v) is 6.05. The standard InChI is InChI=1S/C23H26Cl2IN3O4/c1-5-8-33-21-18(26)9-14(10-19(21)32-4)12-27-29-23(31)20(13(2)3)28-22(30)15-6-7-16(24)17(25)11-15/h6-7,9-13,20H,5,8H2,1-4H3,(H,28,30)(H,29,31). The van der Waals surface area contributed by atoms with Crippen molar-refractivity contribution in [2.24, 2.45) is 11.0 Å². The van der Waals surface area contributed by atoms with Gasteiger partial charge in [0, 0.05) is 5.56 Å². The van der Waals surface area contributed by atoms with Gasteiger partial charge in [0.25, 0.3) is 11.8 Å². The van der Waals surface area contributed by atoms with Crippen molar-refractivity contribution in [1.82, 2.24) is 10.7 Å². The van der Waals surface area contributed by atoms with Crippen molar-refractivity contribution in [3.05, 3.63) is 55.1 Å². The first kappa shape index (κ1) is 27.2. The average molecular weight is 606 g/mol. The SMILES string of the molecule is CCCOc1c(I)cc(C=NNC(=O)C(NC(=O)c2ccc(Cl)c(Cl)c2)C(C)C)cc1OC. The van der Waals surface area contributed by atoms with Crippen molar-refractivity contribution in [3.63, 3.8) is 0 Å². The number of methoxy groups -OCH3 is 1. The van der Waals surface area contributed by atoms with Crippen molar-refractivity contribution >= 4 is 63.8 Å². The molecule has 2 amide bonds. The fourth-order valence-electron chi connectivity index (χ4n) is 2.80. The molecule has 0 heterocycles. The zero-order chi connectivity index (χ0) is 24.5. The molecule has 0 radical (unpaired) electrons. The van der Waals surface area contributed by atoms with Gasteiger partial charge in [-0.15, -0.1) is 0 Å². The first-order valence-corrected chi connectivity index (χ1v) is 12.1. The van der Waals surface area contributed by atoms with Gasteiger partial charge in [-0.1, -0.05) is 44.0 Å².